The maximum absolute atomic E-state index is 12.5. The molecule has 4 rings (SSSR count). The Morgan fingerprint density at radius 2 is 1.97 bits per heavy atom. The Kier molecular flexibility index (Phi) is 6.04. The maximum atomic E-state index is 12.5. The van der Waals surface area contributed by atoms with Crippen molar-refractivity contribution in [2.75, 3.05) is 31.6 Å². The van der Waals surface area contributed by atoms with E-state index in [1.807, 2.05) is 40.0 Å². The lowest BCUT2D eigenvalue weighted by Gasteiger charge is -2.38. The summed E-state index contributed by atoms with van der Waals surface area (Å²) < 4.78 is 13.0. The molecule has 2 aliphatic heterocycles. The molecule has 0 radical (unpaired) electrons. The van der Waals surface area contributed by atoms with Gasteiger partial charge in [-0.1, -0.05) is 6.07 Å². The number of rotatable bonds is 3. The van der Waals surface area contributed by atoms with E-state index < -0.39 is 11.6 Å². The van der Waals surface area contributed by atoms with Crippen LogP contribution in [0.5, 0.6) is 0 Å². The van der Waals surface area contributed by atoms with Gasteiger partial charge in [-0.05, 0) is 44.9 Å². The third-order valence-corrected chi connectivity index (χ3v) is 6.11. The average molecular weight is 458 g/mol. The fourth-order valence-corrected chi connectivity index (χ4v) is 4.48. The van der Waals surface area contributed by atoms with Gasteiger partial charge >= 0.3 is 12.1 Å². The van der Waals surface area contributed by atoms with Crippen LogP contribution >= 0.6 is 0 Å². The van der Waals surface area contributed by atoms with Crippen LogP contribution in [0.25, 0.3) is 10.9 Å². The molecule has 3 heterocycles. The summed E-state index contributed by atoms with van der Waals surface area (Å²) in [7, 11) is 3.49. The quantitative estimate of drug-likeness (QED) is 0.760. The minimum atomic E-state index is -0.544. The number of piperidine rings is 1. The number of urea groups is 1. The number of carbonyl (C=O) groups excluding carboxylic acids is 3. The molecule has 2 saturated heterocycles. The number of anilines is 1. The number of imide groups is 1. The van der Waals surface area contributed by atoms with Gasteiger partial charge in [0.1, 0.15) is 5.60 Å². The molecule has 1 unspecified atom stereocenters. The Bertz CT molecular complexity index is 1090. The largest absolute Gasteiger partial charge is 0.444 e. The van der Waals surface area contributed by atoms with Crippen LogP contribution in [-0.4, -0.2) is 71.2 Å². The molecule has 0 bridgehead atoms. The number of nitrogens with one attached hydrogen (secondary N) is 1. The van der Waals surface area contributed by atoms with Crippen molar-refractivity contribution in [2.24, 2.45) is 7.05 Å². The number of fused-ring (bicyclic) bond motifs is 1. The summed E-state index contributed by atoms with van der Waals surface area (Å²) in [4.78, 5) is 39.5. The molecular weight excluding hydrogens is 426 g/mol. The second kappa shape index (κ2) is 8.66. The Balaban J connectivity index is 1.56. The van der Waals surface area contributed by atoms with Crippen molar-refractivity contribution in [1.29, 1.82) is 0 Å². The van der Waals surface area contributed by atoms with Gasteiger partial charge in [0.15, 0.2) is 5.82 Å². The van der Waals surface area contributed by atoms with Gasteiger partial charge in [0, 0.05) is 45.0 Å². The Hall–Kier alpha value is -3.14. The van der Waals surface area contributed by atoms with E-state index in [4.69, 9.17) is 9.47 Å². The molecule has 10 nitrogen and oxygen atoms in total. The van der Waals surface area contributed by atoms with E-state index >= 15 is 0 Å². The van der Waals surface area contributed by atoms with Crippen LogP contribution in [-0.2, 0) is 21.3 Å². The molecule has 2 atom stereocenters. The van der Waals surface area contributed by atoms with Crippen LogP contribution in [0, 0.1) is 0 Å². The highest BCUT2D eigenvalue weighted by Gasteiger charge is 2.35. The number of benzene rings is 1. The summed E-state index contributed by atoms with van der Waals surface area (Å²) in [6.45, 7) is 6.90. The third-order valence-electron chi connectivity index (χ3n) is 6.11. The summed E-state index contributed by atoms with van der Waals surface area (Å²) in [5.74, 6) is 0.363. The first-order valence-electron chi connectivity index (χ1n) is 11.2. The zero-order valence-corrected chi connectivity index (χ0v) is 19.8. The first-order chi connectivity index (χ1) is 15.6. The SMILES string of the molecule is CO[C@@H]1CN(C(=O)OC(C)(C)C)CCC1c1ccc2c(N3CCC(=O)NC3=O)nn(C)c2c1. The molecule has 1 aromatic carbocycles. The predicted octanol–water partition coefficient (Wildman–Crippen LogP) is 2.76. The number of hydrogen-bond donors (Lipinski definition) is 1. The van der Waals surface area contributed by atoms with Crippen molar-refractivity contribution in [3.8, 4) is 0 Å². The topological polar surface area (TPSA) is 106 Å². The molecule has 0 saturated carbocycles. The minimum Gasteiger partial charge on any atom is -0.444 e. The second-order valence-electron chi connectivity index (χ2n) is 9.57. The average Bonchev–Trinajstić information content (AvgIpc) is 3.07. The zero-order valence-electron chi connectivity index (χ0n) is 19.8. The molecular formula is C23H31N5O5. The number of carbonyl (C=O) groups is 3. The van der Waals surface area contributed by atoms with E-state index in [2.05, 4.69) is 16.5 Å². The normalized spacial score (nSPS) is 22.0. The van der Waals surface area contributed by atoms with E-state index in [0.717, 1.165) is 22.9 Å². The van der Waals surface area contributed by atoms with Gasteiger partial charge in [0.25, 0.3) is 0 Å². The lowest BCUT2D eigenvalue weighted by atomic mass is 9.86. The number of ether oxygens (including phenoxy) is 2. The van der Waals surface area contributed by atoms with E-state index in [0.29, 0.717) is 25.5 Å². The Morgan fingerprint density at radius 3 is 2.64 bits per heavy atom. The summed E-state index contributed by atoms with van der Waals surface area (Å²) >= 11 is 0. The second-order valence-corrected chi connectivity index (χ2v) is 9.57. The van der Waals surface area contributed by atoms with E-state index in [1.54, 1.807) is 16.7 Å². The third kappa shape index (κ3) is 4.66. The van der Waals surface area contributed by atoms with Crippen molar-refractivity contribution in [3.63, 3.8) is 0 Å². The number of aromatic nitrogens is 2. The van der Waals surface area contributed by atoms with E-state index in [-0.39, 0.29) is 30.4 Å². The van der Waals surface area contributed by atoms with E-state index in [1.165, 1.54) is 4.90 Å². The highest BCUT2D eigenvalue weighted by Crippen LogP contribution is 2.35. The van der Waals surface area contributed by atoms with Gasteiger partial charge in [-0.25, -0.2) is 9.59 Å². The monoisotopic (exact) mass is 457 g/mol. The summed E-state index contributed by atoms with van der Waals surface area (Å²) in [5, 5.41) is 7.74. The van der Waals surface area contributed by atoms with Crippen molar-refractivity contribution >= 4 is 34.8 Å². The van der Waals surface area contributed by atoms with Gasteiger partial charge in [-0.3, -0.25) is 19.7 Å². The molecule has 178 valence electrons. The number of likely N-dealkylation sites (tertiary alicyclic amines) is 1. The van der Waals surface area contributed by atoms with Gasteiger partial charge < -0.3 is 14.4 Å². The van der Waals surface area contributed by atoms with Crippen molar-refractivity contribution in [3.05, 3.63) is 23.8 Å². The lowest BCUT2D eigenvalue weighted by molar-refractivity contribution is -0.120. The van der Waals surface area contributed by atoms with Crippen LogP contribution in [0.1, 0.15) is 45.1 Å². The molecule has 2 aromatic rings. The zero-order chi connectivity index (χ0) is 23.9. The highest BCUT2D eigenvalue weighted by molar-refractivity contribution is 6.08. The van der Waals surface area contributed by atoms with Crippen molar-refractivity contribution in [1.82, 2.24) is 20.0 Å². The number of nitrogens with zero attached hydrogens (tertiary/aromatic N) is 4. The molecule has 1 N–H and O–H groups in total. The van der Waals surface area contributed by atoms with Gasteiger partial charge in [0.05, 0.1) is 18.2 Å². The molecule has 10 heteroatoms. The van der Waals surface area contributed by atoms with Crippen LogP contribution in [0.3, 0.4) is 0 Å². The highest BCUT2D eigenvalue weighted by atomic mass is 16.6. The standard InChI is InChI=1S/C23H31N5O5/c1-23(2,3)33-22(31)27-10-8-15(18(13-27)32-5)14-6-7-16-17(12-14)26(4)25-20(16)28-11-9-19(29)24-21(28)30/h6-7,12,15,18H,8-11,13H2,1-5H3,(H,24,29,30)/t15?,18-/m1/s1. The van der Waals surface area contributed by atoms with Crippen molar-refractivity contribution < 1.29 is 23.9 Å². The molecule has 1 aromatic heterocycles. The molecule has 2 fully saturated rings. The first-order valence-corrected chi connectivity index (χ1v) is 11.2. The smallest absolute Gasteiger partial charge is 0.410 e. The summed E-state index contributed by atoms with van der Waals surface area (Å²) in [5.41, 5.74) is 1.43. The molecule has 2 aliphatic rings. The molecule has 4 amide bonds. The molecule has 0 spiro atoms. The first kappa shape index (κ1) is 23.0. The van der Waals surface area contributed by atoms with Crippen LogP contribution < -0.4 is 10.2 Å². The number of amides is 4. The predicted molar refractivity (Wildman–Crippen MR) is 122 cm³/mol. The lowest BCUT2D eigenvalue weighted by Crippen LogP contribution is -2.49. The van der Waals surface area contributed by atoms with Gasteiger partial charge in [-0.15, -0.1) is 0 Å². The number of hydrogen-bond acceptors (Lipinski definition) is 6. The van der Waals surface area contributed by atoms with Gasteiger partial charge in [-0.2, -0.15) is 5.10 Å². The van der Waals surface area contributed by atoms with Gasteiger partial charge in [0.2, 0.25) is 5.91 Å². The Morgan fingerprint density at radius 1 is 1.21 bits per heavy atom. The Labute approximate surface area is 192 Å². The fourth-order valence-electron chi connectivity index (χ4n) is 4.48. The molecule has 33 heavy (non-hydrogen) atoms. The molecule has 0 aliphatic carbocycles. The van der Waals surface area contributed by atoms with Crippen LogP contribution in [0.15, 0.2) is 18.2 Å². The summed E-state index contributed by atoms with van der Waals surface area (Å²) in [6, 6.07) is 5.60. The fraction of sp³-hybridized carbons (Fsp3) is 0.565. The summed E-state index contributed by atoms with van der Waals surface area (Å²) in [6.07, 6.45) is 0.487. The van der Waals surface area contributed by atoms with Crippen molar-refractivity contribution in [2.45, 2.75) is 51.2 Å². The van der Waals surface area contributed by atoms with E-state index in [9.17, 15) is 14.4 Å². The minimum absolute atomic E-state index is 0.104. The van der Waals surface area contributed by atoms with Crippen LogP contribution in [0.2, 0.25) is 0 Å². The number of aryl methyl sites for hydroxylation is 1. The van der Waals surface area contributed by atoms with Crippen LogP contribution in [0.4, 0.5) is 15.4 Å². The maximum Gasteiger partial charge on any atom is 0.410 e. The number of methoxy groups -OCH3 is 1.